The number of hydrogen-bond acceptors (Lipinski definition) is 4. The lowest BCUT2D eigenvalue weighted by Gasteiger charge is -2.15. The largest absolute Gasteiger partial charge is 0.348 e. The minimum atomic E-state index is -3.42. The molecule has 8 heteroatoms. The molecule has 1 atom stereocenters. The molecule has 1 unspecified atom stereocenters. The van der Waals surface area contributed by atoms with E-state index < -0.39 is 21.8 Å². The van der Waals surface area contributed by atoms with Crippen LogP contribution in [0.3, 0.4) is 0 Å². The molecule has 0 saturated carbocycles. The van der Waals surface area contributed by atoms with Gasteiger partial charge in [-0.25, -0.2) is 8.42 Å². The van der Waals surface area contributed by atoms with E-state index in [4.69, 9.17) is 0 Å². The Labute approximate surface area is 177 Å². The maximum absolute atomic E-state index is 12.5. The van der Waals surface area contributed by atoms with E-state index in [1.54, 1.807) is 24.3 Å². The number of sulfonamides is 1. The number of carbonyl (C=O) groups excluding carboxylic acids is 2. The molecule has 0 aromatic heterocycles. The Morgan fingerprint density at radius 3 is 2.23 bits per heavy atom. The van der Waals surface area contributed by atoms with Crippen LogP contribution in [-0.4, -0.2) is 44.2 Å². The van der Waals surface area contributed by atoms with Crippen molar-refractivity contribution in [3.8, 4) is 0 Å². The zero-order valence-electron chi connectivity index (χ0n) is 17.0. The zero-order chi connectivity index (χ0) is 21.6. The highest BCUT2D eigenvalue weighted by atomic mass is 32.2. The molecule has 7 nitrogen and oxygen atoms in total. The molecule has 30 heavy (non-hydrogen) atoms. The van der Waals surface area contributed by atoms with Gasteiger partial charge in [0.2, 0.25) is 10.0 Å². The van der Waals surface area contributed by atoms with E-state index in [1.807, 2.05) is 37.3 Å². The van der Waals surface area contributed by atoms with Gasteiger partial charge in [-0.3, -0.25) is 9.59 Å². The summed E-state index contributed by atoms with van der Waals surface area (Å²) in [5.41, 5.74) is 1.80. The van der Waals surface area contributed by atoms with Crippen molar-refractivity contribution in [3.05, 3.63) is 65.7 Å². The van der Waals surface area contributed by atoms with E-state index in [0.717, 1.165) is 24.0 Å². The molecular formula is C22H27N3O4S. The van der Waals surface area contributed by atoms with Gasteiger partial charge in [0.15, 0.2) is 0 Å². The van der Waals surface area contributed by atoms with Crippen LogP contribution in [0.4, 0.5) is 0 Å². The molecule has 1 heterocycles. The third-order valence-corrected chi connectivity index (χ3v) is 7.09. The fraction of sp³-hybridized carbons (Fsp3) is 0.364. The van der Waals surface area contributed by atoms with Crippen molar-refractivity contribution >= 4 is 21.8 Å². The second-order valence-electron chi connectivity index (χ2n) is 7.37. The van der Waals surface area contributed by atoms with Gasteiger partial charge in [0.05, 0.1) is 10.9 Å². The van der Waals surface area contributed by atoms with E-state index in [1.165, 1.54) is 4.31 Å². The van der Waals surface area contributed by atoms with Gasteiger partial charge in [0.25, 0.3) is 0 Å². The van der Waals surface area contributed by atoms with Crippen LogP contribution in [0, 0.1) is 0 Å². The second kappa shape index (κ2) is 9.86. The van der Waals surface area contributed by atoms with Gasteiger partial charge in [-0.1, -0.05) is 42.5 Å². The molecule has 2 aromatic carbocycles. The smallest absolute Gasteiger partial charge is 0.309 e. The lowest BCUT2D eigenvalue weighted by atomic mass is 10.1. The van der Waals surface area contributed by atoms with E-state index in [-0.39, 0.29) is 17.5 Å². The van der Waals surface area contributed by atoms with E-state index in [2.05, 4.69) is 10.6 Å². The first-order valence-electron chi connectivity index (χ1n) is 10.1. The fourth-order valence-corrected chi connectivity index (χ4v) is 4.91. The lowest BCUT2D eigenvalue weighted by Crippen LogP contribution is -2.41. The predicted octanol–water partition coefficient (Wildman–Crippen LogP) is 2.01. The van der Waals surface area contributed by atoms with Gasteiger partial charge in [-0.15, -0.1) is 0 Å². The monoisotopic (exact) mass is 429 g/mol. The molecular weight excluding hydrogens is 402 g/mol. The molecule has 3 rings (SSSR count). The molecule has 0 bridgehead atoms. The van der Waals surface area contributed by atoms with Gasteiger partial charge in [0.1, 0.15) is 0 Å². The molecule has 0 aliphatic carbocycles. The standard InChI is InChI=1S/C22H27N3O4S/c1-17(19-7-3-2-4-8-19)24-22(27)21(26)23-14-13-18-9-11-20(12-10-18)30(28,29)25-15-5-6-16-25/h2-4,7-12,17H,5-6,13-16H2,1H3,(H,23,26)(H,24,27). The van der Waals surface area contributed by atoms with Crippen molar-refractivity contribution in [2.45, 2.75) is 37.1 Å². The van der Waals surface area contributed by atoms with Crippen LogP contribution < -0.4 is 10.6 Å². The van der Waals surface area contributed by atoms with Crippen LogP contribution >= 0.6 is 0 Å². The average molecular weight is 430 g/mol. The Morgan fingerprint density at radius 2 is 1.60 bits per heavy atom. The molecule has 2 N–H and O–H groups in total. The van der Waals surface area contributed by atoms with Crippen molar-refractivity contribution in [3.63, 3.8) is 0 Å². The fourth-order valence-electron chi connectivity index (χ4n) is 3.39. The van der Waals surface area contributed by atoms with E-state index in [9.17, 15) is 18.0 Å². The van der Waals surface area contributed by atoms with Crippen molar-refractivity contribution in [1.29, 1.82) is 0 Å². The summed E-state index contributed by atoms with van der Waals surface area (Å²) in [7, 11) is -3.42. The summed E-state index contributed by atoms with van der Waals surface area (Å²) in [4.78, 5) is 24.4. The topological polar surface area (TPSA) is 95.6 Å². The summed E-state index contributed by atoms with van der Waals surface area (Å²) in [6.45, 7) is 3.24. The van der Waals surface area contributed by atoms with Gasteiger partial charge in [-0.05, 0) is 49.4 Å². The number of nitrogens with zero attached hydrogens (tertiary/aromatic N) is 1. The summed E-state index contributed by atoms with van der Waals surface area (Å²) in [5, 5.41) is 5.27. The molecule has 1 saturated heterocycles. The Bertz CT molecular complexity index is 969. The number of amides is 2. The number of benzene rings is 2. The van der Waals surface area contributed by atoms with Crippen LogP contribution in [0.5, 0.6) is 0 Å². The lowest BCUT2D eigenvalue weighted by molar-refractivity contribution is -0.139. The van der Waals surface area contributed by atoms with E-state index >= 15 is 0 Å². The molecule has 1 fully saturated rings. The van der Waals surface area contributed by atoms with Gasteiger partial charge in [-0.2, -0.15) is 4.31 Å². The summed E-state index contributed by atoms with van der Waals surface area (Å²) < 4.78 is 26.6. The highest BCUT2D eigenvalue weighted by Gasteiger charge is 2.26. The van der Waals surface area contributed by atoms with Gasteiger partial charge < -0.3 is 10.6 Å². The molecule has 2 aromatic rings. The SMILES string of the molecule is CC(NC(=O)C(=O)NCCc1ccc(S(=O)(=O)N2CCCC2)cc1)c1ccccc1. The summed E-state index contributed by atoms with van der Waals surface area (Å²) >= 11 is 0. The second-order valence-corrected chi connectivity index (χ2v) is 9.30. The number of rotatable bonds is 7. The quantitative estimate of drug-likeness (QED) is 0.658. The minimum Gasteiger partial charge on any atom is -0.348 e. The Balaban J connectivity index is 1.46. The highest BCUT2D eigenvalue weighted by molar-refractivity contribution is 7.89. The molecule has 1 aliphatic heterocycles. The Morgan fingerprint density at radius 1 is 0.967 bits per heavy atom. The normalized spacial score (nSPS) is 15.5. The third kappa shape index (κ3) is 5.46. The number of hydrogen-bond donors (Lipinski definition) is 2. The van der Waals surface area contributed by atoms with Crippen molar-refractivity contribution in [1.82, 2.24) is 14.9 Å². The summed E-state index contributed by atoms with van der Waals surface area (Å²) in [5.74, 6) is -1.37. The predicted molar refractivity (Wildman–Crippen MR) is 114 cm³/mol. The van der Waals surface area contributed by atoms with E-state index in [0.29, 0.717) is 19.5 Å². The average Bonchev–Trinajstić information content (AvgIpc) is 3.30. The van der Waals surface area contributed by atoms with Crippen molar-refractivity contribution in [2.24, 2.45) is 0 Å². The molecule has 2 amide bonds. The van der Waals surface area contributed by atoms with Crippen LogP contribution in [0.2, 0.25) is 0 Å². The third-order valence-electron chi connectivity index (χ3n) is 5.18. The molecule has 160 valence electrons. The Kier molecular flexibility index (Phi) is 7.23. The summed E-state index contributed by atoms with van der Waals surface area (Å²) in [6, 6.07) is 15.8. The molecule has 0 radical (unpaired) electrons. The van der Waals surface area contributed by atoms with Crippen LogP contribution in [0.15, 0.2) is 59.5 Å². The van der Waals surface area contributed by atoms with Crippen LogP contribution in [0.25, 0.3) is 0 Å². The first-order valence-corrected chi connectivity index (χ1v) is 11.5. The maximum atomic E-state index is 12.5. The first kappa shape index (κ1) is 22.0. The van der Waals surface area contributed by atoms with Gasteiger partial charge in [0, 0.05) is 19.6 Å². The first-order chi connectivity index (χ1) is 14.4. The van der Waals surface area contributed by atoms with Gasteiger partial charge >= 0.3 is 11.8 Å². The highest BCUT2D eigenvalue weighted by Crippen LogP contribution is 2.21. The zero-order valence-corrected chi connectivity index (χ0v) is 17.8. The molecule has 1 aliphatic rings. The van der Waals surface area contributed by atoms with Crippen LogP contribution in [-0.2, 0) is 26.0 Å². The summed E-state index contributed by atoms with van der Waals surface area (Å²) in [6.07, 6.45) is 2.29. The minimum absolute atomic E-state index is 0.269. The van der Waals surface area contributed by atoms with Crippen molar-refractivity contribution < 1.29 is 18.0 Å². The van der Waals surface area contributed by atoms with Crippen molar-refractivity contribution in [2.75, 3.05) is 19.6 Å². The Hall–Kier alpha value is -2.71. The van der Waals surface area contributed by atoms with Crippen LogP contribution in [0.1, 0.15) is 36.9 Å². The number of carbonyl (C=O) groups is 2. The molecule has 0 spiro atoms. The maximum Gasteiger partial charge on any atom is 0.309 e. The number of nitrogens with one attached hydrogen (secondary N) is 2.